The molecule has 0 spiro atoms. The van der Waals surface area contributed by atoms with Gasteiger partial charge in [-0.15, -0.1) is 0 Å². The molecule has 17 heavy (non-hydrogen) atoms. The van der Waals surface area contributed by atoms with E-state index >= 15 is 0 Å². The summed E-state index contributed by atoms with van der Waals surface area (Å²) in [6, 6.07) is 1.47. The van der Waals surface area contributed by atoms with E-state index in [2.05, 4.69) is 17.6 Å². The van der Waals surface area contributed by atoms with Crippen LogP contribution in [0.3, 0.4) is 0 Å². The monoisotopic (exact) mass is 252 g/mol. The van der Waals surface area contributed by atoms with Gasteiger partial charge in [-0.25, -0.2) is 4.79 Å². The Labute approximate surface area is 104 Å². The van der Waals surface area contributed by atoms with Crippen molar-refractivity contribution in [2.24, 2.45) is 5.92 Å². The van der Waals surface area contributed by atoms with Gasteiger partial charge in [-0.05, 0) is 17.7 Å². The van der Waals surface area contributed by atoms with Crippen LogP contribution < -0.4 is 4.90 Å². The van der Waals surface area contributed by atoms with Crippen LogP contribution in [0, 0.1) is 5.92 Å². The first-order valence-corrected chi connectivity index (χ1v) is 5.84. The highest BCUT2D eigenvalue weighted by atomic mass is 32.1. The number of hydrogen-bond donors (Lipinski definition) is 2. The minimum Gasteiger partial charge on any atom is -0.478 e. The molecule has 1 N–H and O–H groups in total. The molecule has 0 saturated carbocycles. The lowest BCUT2D eigenvalue weighted by atomic mass is 10.1. The first kappa shape index (κ1) is 11.9. The lowest BCUT2D eigenvalue weighted by Gasteiger charge is -2.16. The predicted molar refractivity (Wildman–Crippen MR) is 65.5 cm³/mol. The fraction of sp³-hybridized carbons (Fsp3) is 0.364. The number of pyridine rings is 1. The summed E-state index contributed by atoms with van der Waals surface area (Å²) in [5.74, 6) is -0.182. The maximum atomic E-state index is 11.7. The summed E-state index contributed by atoms with van der Waals surface area (Å²) in [5.41, 5.74) is 0.629. The highest BCUT2D eigenvalue weighted by Crippen LogP contribution is 2.25. The number of carboxylic acids is 1. The van der Waals surface area contributed by atoms with Crippen LogP contribution in [-0.2, 0) is 4.79 Å². The zero-order valence-electron chi connectivity index (χ0n) is 9.04. The van der Waals surface area contributed by atoms with E-state index in [0.717, 1.165) is 0 Å². The number of rotatable bonds is 3. The summed E-state index contributed by atoms with van der Waals surface area (Å²) in [4.78, 5) is 28.0. The number of carbonyl (C=O) groups is 2. The van der Waals surface area contributed by atoms with Crippen molar-refractivity contribution in [2.45, 2.75) is 6.42 Å². The highest BCUT2D eigenvalue weighted by Gasteiger charge is 2.30. The number of anilines is 1. The van der Waals surface area contributed by atoms with Gasteiger partial charge < -0.3 is 10.0 Å². The molecule has 1 amide bonds. The number of aromatic nitrogens is 1. The van der Waals surface area contributed by atoms with E-state index in [1.165, 1.54) is 18.5 Å². The zero-order valence-corrected chi connectivity index (χ0v) is 9.93. The molecule has 0 aromatic carbocycles. The standard InChI is InChI=1S/C11H12N2O3S/c14-10-1-7(6-17)5-13(10)9-2-8(11(15)16)3-12-4-9/h2-4,7,17H,1,5-6H2,(H,15,16). The number of carbonyl (C=O) groups excluding carboxylic acids is 1. The molecule has 0 bridgehead atoms. The Bertz CT molecular complexity index is 464. The topological polar surface area (TPSA) is 70.5 Å². The SMILES string of the molecule is O=C(O)c1cncc(N2CC(CS)CC2=O)c1. The highest BCUT2D eigenvalue weighted by molar-refractivity contribution is 7.80. The second-order valence-electron chi connectivity index (χ2n) is 3.99. The second-order valence-corrected chi connectivity index (χ2v) is 4.36. The molecule has 6 heteroatoms. The van der Waals surface area contributed by atoms with E-state index in [9.17, 15) is 9.59 Å². The molecule has 90 valence electrons. The molecule has 1 aliphatic heterocycles. The summed E-state index contributed by atoms with van der Waals surface area (Å²) >= 11 is 4.17. The van der Waals surface area contributed by atoms with Crippen LogP contribution in [-0.4, -0.2) is 34.3 Å². The molecule has 1 aliphatic rings. The van der Waals surface area contributed by atoms with Crippen molar-refractivity contribution in [1.29, 1.82) is 0 Å². The molecular formula is C11H12N2O3S. The summed E-state index contributed by atoms with van der Waals surface area (Å²) in [7, 11) is 0. The summed E-state index contributed by atoms with van der Waals surface area (Å²) < 4.78 is 0. The van der Waals surface area contributed by atoms with Gasteiger partial charge in [0.05, 0.1) is 17.4 Å². The lowest BCUT2D eigenvalue weighted by Crippen LogP contribution is -2.25. The Morgan fingerprint density at radius 1 is 1.59 bits per heavy atom. The maximum absolute atomic E-state index is 11.7. The van der Waals surface area contributed by atoms with Crippen molar-refractivity contribution in [3.63, 3.8) is 0 Å². The van der Waals surface area contributed by atoms with Gasteiger partial charge in [0.2, 0.25) is 5.91 Å². The summed E-state index contributed by atoms with van der Waals surface area (Å²) in [6.07, 6.45) is 3.23. The molecule has 1 atom stereocenters. The van der Waals surface area contributed by atoms with E-state index in [0.29, 0.717) is 24.4 Å². The lowest BCUT2D eigenvalue weighted by molar-refractivity contribution is -0.117. The smallest absolute Gasteiger partial charge is 0.337 e. The minimum atomic E-state index is -1.04. The molecule has 1 saturated heterocycles. The van der Waals surface area contributed by atoms with Crippen LogP contribution in [0.25, 0.3) is 0 Å². The van der Waals surface area contributed by atoms with Crippen molar-refractivity contribution in [3.8, 4) is 0 Å². The van der Waals surface area contributed by atoms with E-state index < -0.39 is 5.97 Å². The van der Waals surface area contributed by atoms with E-state index in [1.54, 1.807) is 4.90 Å². The van der Waals surface area contributed by atoms with Crippen LogP contribution in [0.15, 0.2) is 18.5 Å². The predicted octanol–water partition coefficient (Wildman–Crippen LogP) is 1.06. The van der Waals surface area contributed by atoms with Crippen molar-refractivity contribution in [2.75, 3.05) is 17.2 Å². The van der Waals surface area contributed by atoms with Crippen molar-refractivity contribution in [1.82, 2.24) is 4.98 Å². The van der Waals surface area contributed by atoms with Gasteiger partial charge in [0.25, 0.3) is 0 Å². The van der Waals surface area contributed by atoms with E-state index in [1.807, 2.05) is 0 Å². The minimum absolute atomic E-state index is 0.00612. The molecule has 1 aromatic heterocycles. The number of amides is 1. The average molecular weight is 252 g/mol. The largest absolute Gasteiger partial charge is 0.478 e. The zero-order chi connectivity index (χ0) is 12.4. The normalized spacial score (nSPS) is 19.7. The van der Waals surface area contributed by atoms with Gasteiger partial charge in [-0.1, -0.05) is 0 Å². The van der Waals surface area contributed by atoms with Gasteiger partial charge in [-0.2, -0.15) is 12.6 Å². The van der Waals surface area contributed by atoms with Gasteiger partial charge in [0.1, 0.15) is 0 Å². The first-order chi connectivity index (χ1) is 8.11. The van der Waals surface area contributed by atoms with Crippen LogP contribution in [0.2, 0.25) is 0 Å². The quantitative estimate of drug-likeness (QED) is 0.789. The Balaban J connectivity index is 2.25. The molecule has 1 aromatic rings. The molecule has 1 unspecified atom stereocenters. The number of hydrogen-bond acceptors (Lipinski definition) is 4. The average Bonchev–Trinajstić information content (AvgIpc) is 2.71. The van der Waals surface area contributed by atoms with E-state index in [4.69, 9.17) is 5.11 Å². The molecular weight excluding hydrogens is 240 g/mol. The third kappa shape index (κ3) is 2.41. The van der Waals surface area contributed by atoms with Gasteiger partial charge in [0, 0.05) is 19.2 Å². The number of carboxylic acid groups (broad SMARTS) is 1. The van der Waals surface area contributed by atoms with Crippen molar-refractivity contribution in [3.05, 3.63) is 24.0 Å². The molecule has 0 aliphatic carbocycles. The Hall–Kier alpha value is -1.56. The maximum Gasteiger partial charge on any atom is 0.337 e. The number of nitrogens with zero attached hydrogens (tertiary/aromatic N) is 2. The summed E-state index contributed by atoms with van der Waals surface area (Å²) in [6.45, 7) is 0.576. The molecule has 5 nitrogen and oxygen atoms in total. The van der Waals surface area contributed by atoms with Gasteiger partial charge >= 0.3 is 5.97 Å². The van der Waals surface area contributed by atoms with Crippen LogP contribution >= 0.6 is 12.6 Å². The third-order valence-corrected chi connectivity index (χ3v) is 3.26. The van der Waals surface area contributed by atoms with E-state index in [-0.39, 0.29) is 17.4 Å². The molecule has 0 radical (unpaired) electrons. The summed E-state index contributed by atoms with van der Waals surface area (Å²) in [5, 5.41) is 8.86. The molecule has 2 rings (SSSR count). The Morgan fingerprint density at radius 2 is 2.35 bits per heavy atom. The van der Waals surface area contributed by atoms with Crippen LogP contribution in [0.4, 0.5) is 5.69 Å². The van der Waals surface area contributed by atoms with Crippen LogP contribution in [0.1, 0.15) is 16.8 Å². The van der Waals surface area contributed by atoms with Gasteiger partial charge in [0.15, 0.2) is 0 Å². The fourth-order valence-electron chi connectivity index (χ4n) is 1.85. The fourth-order valence-corrected chi connectivity index (χ4v) is 2.09. The van der Waals surface area contributed by atoms with Crippen LogP contribution in [0.5, 0.6) is 0 Å². The Kier molecular flexibility index (Phi) is 3.33. The first-order valence-electron chi connectivity index (χ1n) is 5.21. The molecule has 2 heterocycles. The number of aromatic carboxylic acids is 1. The molecule has 1 fully saturated rings. The third-order valence-electron chi connectivity index (χ3n) is 2.75. The van der Waals surface area contributed by atoms with Crippen molar-refractivity contribution >= 4 is 30.2 Å². The van der Waals surface area contributed by atoms with Crippen molar-refractivity contribution < 1.29 is 14.7 Å². The second kappa shape index (κ2) is 4.75. The number of thiol groups is 1. The van der Waals surface area contributed by atoms with Gasteiger partial charge in [-0.3, -0.25) is 9.78 Å². The Morgan fingerprint density at radius 3 is 2.94 bits per heavy atom.